The van der Waals surface area contributed by atoms with Crippen molar-refractivity contribution >= 4 is 11.6 Å². The summed E-state index contributed by atoms with van der Waals surface area (Å²) >= 11 is 5.98. The van der Waals surface area contributed by atoms with Gasteiger partial charge >= 0.3 is 0 Å². The van der Waals surface area contributed by atoms with Crippen LogP contribution in [0, 0.1) is 0 Å². The molecule has 1 aromatic heterocycles. The second kappa shape index (κ2) is 7.54. The smallest absolute Gasteiger partial charge is 0.247 e. The first-order valence-corrected chi connectivity index (χ1v) is 7.28. The van der Waals surface area contributed by atoms with Gasteiger partial charge in [-0.05, 0) is 38.6 Å². The number of methoxy groups -OCH3 is 1. The van der Waals surface area contributed by atoms with Crippen molar-refractivity contribution < 1.29 is 9.15 Å². The first kappa shape index (κ1) is 15.9. The normalized spacial score (nSPS) is 12.8. The molecule has 1 heterocycles. The molecule has 21 heavy (non-hydrogen) atoms. The Hall–Kier alpha value is -1.43. The number of ether oxygens (including phenoxy) is 1. The van der Waals surface area contributed by atoms with Crippen LogP contribution in [0.1, 0.15) is 25.3 Å². The highest BCUT2D eigenvalue weighted by Crippen LogP contribution is 2.25. The van der Waals surface area contributed by atoms with Crippen LogP contribution in [0.15, 0.2) is 28.7 Å². The van der Waals surface area contributed by atoms with E-state index < -0.39 is 0 Å². The van der Waals surface area contributed by atoms with Crippen LogP contribution in [0.3, 0.4) is 0 Å². The van der Waals surface area contributed by atoms with Crippen molar-refractivity contribution in [3.63, 3.8) is 0 Å². The number of benzene rings is 1. The summed E-state index contributed by atoms with van der Waals surface area (Å²) in [6.07, 6.45) is 0.965. The maximum atomic E-state index is 5.98. The van der Waals surface area contributed by atoms with Gasteiger partial charge in [-0.1, -0.05) is 17.7 Å². The highest BCUT2D eigenvalue weighted by molar-refractivity contribution is 6.30. The van der Waals surface area contributed by atoms with Crippen molar-refractivity contribution in [1.29, 1.82) is 0 Å². The largest absolute Gasteiger partial charge is 0.419 e. The lowest BCUT2D eigenvalue weighted by Crippen LogP contribution is -2.24. The summed E-state index contributed by atoms with van der Waals surface area (Å²) < 4.78 is 10.8. The number of rotatable bonds is 7. The van der Waals surface area contributed by atoms with Gasteiger partial charge in [0.25, 0.3) is 0 Å². The van der Waals surface area contributed by atoms with Gasteiger partial charge in [-0.3, -0.25) is 4.90 Å². The minimum Gasteiger partial charge on any atom is -0.419 e. The molecule has 1 atom stereocenters. The van der Waals surface area contributed by atoms with E-state index in [1.54, 1.807) is 7.11 Å². The van der Waals surface area contributed by atoms with Gasteiger partial charge in [0.2, 0.25) is 11.8 Å². The summed E-state index contributed by atoms with van der Waals surface area (Å²) in [7, 11) is 3.74. The van der Waals surface area contributed by atoms with E-state index in [2.05, 4.69) is 15.1 Å². The van der Waals surface area contributed by atoms with E-state index in [4.69, 9.17) is 20.8 Å². The Morgan fingerprint density at radius 1 is 1.38 bits per heavy atom. The van der Waals surface area contributed by atoms with Crippen LogP contribution < -0.4 is 0 Å². The van der Waals surface area contributed by atoms with Gasteiger partial charge in [0.1, 0.15) is 0 Å². The Kier molecular flexibility index (Phi) is 5.73. The molecule has 0 N–H and O–H groups in total. The van der Waals surface area contributed by atoms with Crippen LogP contribution in [-0.4, -0.2) is 42.4 Å². The highest BCUT2D eigenvalue weighted by Gasteiger charge is 2.18. The second-order valence-corrected chi connectivity index (χ2v) is 5.40. The van der Waals surface area contributed by atoms with Gasteiger partial charge in [-0.2, -0.15) is 0 Å². The summed E-state index contributed by atoms with van der Waals surface area (Å²) in [4.78, 5) is 2.16. The molecule has 0 spiro atoms. The van der Waals surface area contributed by atoms with Gasteiger partial charge < -0.3 is 9.15 Å². The van der Waals surface area contributed by atoms with Crippen LogP contribution in [-0.2, 0) is 4.74 Å². The Morgan fingerprint density at radius 3 is 2.90 bits per heavy atom. The number of hydrogen-bond donors (Lipinski definition) is 0. The zero-order valence-corrected chi connectivity index (χ0v) is 13.3. The minimum absolute atomic E-state index is 0.0577. The zero-order valence-electron chi connectivity index (χ0n) is 12.5. The summed E-state index contributed by atoms with van der Waals surface area (Å²) in [5.74, 6) is 1.09. The maximum absolute atomic E-state index is 5.98. The van der Waals surface area contributed by atoms with E-state index in [-0.39, 0.29) is 6.04 Å². The average Bonchev–Trinajstić information content (AvgIpc) is 2.96. The molecule has 0 aliphatic rings. The topological polar surface area (TPSA) is 51.4 Å². The molecule has 2 aromatic rings. The lowest BCUT2D eigenvalue weighted by Gasteiger charge is -2.21. The van der Waals surface area contributed by atoms with E-state index in [1.807, 2.05) is 38.2 Å². The molecule has 0 aliphatic carbocycles. The van der Waals surface area contributed by atoms with Gasteiger partial charge in [-0.25, -0.2) is 0 Å². The standard InChI is InChI=1S/C15H20ClN3O2/c1-11(19(2)8-5-9-20-3)14-17-18-15(21-14)12-6-4-7-13(16)10-12/h4,6-7,10-11H,5,8-9H2,1-3H3. The fraction of sp³-hybridized carbons (Fsp3) is 0.467. The van der Waals surface area contributed by atoms with Crippen LogP contribution in [0.4, 0.5) is 0 Å². The summed E-state index contributed by atoms with van der Waals surface area (Å²) in [6, 6.07) is 7.44. The number of hydrogen-bond acceptors (Lipinski definition) is 5. The zero-order chi connectivity index (χ0) is 15.2. The molecular formula is C15H20ClN3O2. The molecule has 0 bridgehead atoms. The lowest BCUT2D eigenvalue weighted by molar-refractivity contribution is 0.161. The first-order valence-electron chi connectivity index (χ1n) is 6.90. The maximum Gasteiger partial charge on any atom is 0.247 e. The fourth-order valence-electron chi connectivity index (χ4n) is 1.98. The average molecular weight is 310 g/mol. The summed E-state index contributed by atoms with van der Waals surface area (Å²) in [6.45, 7) is 3.70. The van der Waals surface area contributed by atoms with Crippen LogP contribution >= 0.6 is 11.6 Å². The second-order valence-electron chi connectivity index (χ2n) is 4.96. The van der Waals surface area contributed by atoms with Crippen LogP contribution in [0.2, 0.25) is 5.02 Å². The molecule has 1 unspecified atom stereocenters. The molecule has 0 saturated heterocycles. The van der Waals surface area contributed by atoms with Gasteiger partial charge in [0.05, 0.1) is 6.04 Å². The molecule has 0 amide bonds. The van der Waals surface area contributed by atoms with Crippen molar-refractivity contribution in [3.05, 3.63) is 35.2 Å². The minimum atomic E-state index is 0.0577. The van der Waals surface area contributed by atoms with E-state index in [1.165, 1.54) is 0 Å². The lowest BCUT2D eigenvalue weighted by atomic mass is 10.2. The van der Waals surface area contributed by atoms with E-state index in [0.717, 1.165) is 25.1 Å². The Balaban J connectivity index is 2.05. The fourth-order valence-corrected chi connectivity index (χ4v) is 2.17. The molecule has 2 rings (SSSR count). The monoisotopic (exact) mass is 309 g/mol. The third-order valence-corrected chi connectivity index (χ3v) is 3.63. The quantitative estimate of drug-likeness (QED) is 0.734. The van der Waals surface area contributed by atoms with Crippen molar-refractivity contribution in [1.82, 2.24) is 15.1 Å². The molecular weight excluding hydrogens is 290 g/mol. The van der Waals surface area contributed by atoms with E-state index >= 15 is 0 Å². The molecule has 0 radical (unpaired) electrons. The summed E-state index contributed by atoms with van der Waals surface area (Å²) in [5, 5.41) is 8.89. The van der Waals surface area contributed by atoms with Gasteiger partial charge in [0.15, 0.2) is 0 Å². The van der Waals surface area contributed by atoms with Crippen molar-refractivity contribution in [2.45, 2.75) is 19.4 Å². The number of halogens is 1. The molecule has 6 heteroatoms. The Morgan fingerprint density at radius 2 is 2.19 bits per heavy atom. The predicted octanol–water partition coefficient (Wildman–Crippen LogP) is 3.42. The van der Waals surface area contributed by atoms with Crippen LogP contribution in [0.25, 0.3) is 11.5 Å². The SMILES string of the molecule is COCCCN(C)C(C)c1nnc(-c2cccc(Cl)c2)o1. The first-order chi connectivity index (χ1) is 10.1. The van der Waals surface area contributed by atoms with Gasteiger partial charge in [-0.15, -0.1) is 10.2 Å². The Labute approximate surface area is 129 Å². The van der Waals surface area contributed by atoms with Gasteiger partial charge in [0, 0.05) is 30.8 Å². The molecule has 0 aliphatic heterocycles. The van der Waals surface area contributed by atoms with Crippen molar-refractivity contribution in [3.8, 4) is 11.5 Å². The molecule has 5 nitrogen and oxygen atoms in total. The number of nitrogens with zero attached hydrogens (tertiary/aromatic N) is 3. The highest BCUT2D eigenvalue weighted by atomic mass is 35.5. The Bertz CT molecular complexity index is 574. The third kappa shape index (κ3) is 4.27. The predicted molar refractivity (Wildman–Crippen MR) is 82.3 cm³/mol. The molecule has 1 aromatic carbocycles. The molecule has 114 valence electrons. The molecule has 0 fully saturated rings. The number of aromatic nitrogens is 2. The molecule has 0 saturated carbocycles. The van der Waals surface area contributed by atoms with Crippen LogP contribution in [0.5, 0.6) is 0 Å². The third-order valence-electron chi connectivity index (χ3n) is 3.39. The summed E-state index contributed by atoms with van der Waals surface area (Å²) in [5.41, 5.74) is 0.829. The van der Waals surface area contributed by atoms with Crippen molar-refractivity contribution in [2.75, 3.05) is 27.3 Å². The van der Waals surface area contributed by atoms with E-state index in [0.29, 0.717) is 16.8 Å². The van der Waals surface area contributed by atoms with Crippen molar-refractivity contribution in [2.24, 2.45) is 0 Å². The van der Waals surface area contributed by atoms with E-state index in [9.17, 15) is 0 Å².